The first-order valence-electron chi connectivity index (χ1n) is 3.17. The molecule has 2 nitrogen and oxygen atoms in total. The van der Waals surface area contributed by atoms with Gasteiger partial charge in [0, 0.05) is 15.2 Å². The van der Waals surface area contributed by atoms with Crippen LogP contribution in [0.2, 0.25) is 0 Å². The van der Waals surface area contributed by atoms with E-state index in [-0.39, 0.29) is 5.41 Å². The third-order valence-electron chi connectivity index (χ3n) is 1.31. The van der Waals surface area contributed by atoms with Crippen LogP contribution in [0.5, 0.6) is 0 Å². The second kappa shape index (κ2) is 3.64. The molecule has 11 heavy (non-hydrogen) atoms. The van der Waals surface area contributed by atoms with E-state index in [0.717, 1.165) is 0 Å². The molecule has 0 aromatic heterocycles. The lowest BCUT2D eigenvalue weighted by molar-refractivity contribution is 0.0673. The molecule has 0 bridgehead atoms. The van der Waals surface area contributed by atoms with Crippen LogP contribution in [0.25, 0.3) is 0 Å². The topological polar surface area (TPSA) is 18.5 Å². The van der Waals surface area contributed by atoms with E-state index in [1.807, 2.05) is 0 Å². The molecule has 0 spiro atoms. The van der Waals surface area contributed by atoms with Crippen LogP contribution < -0.4 is 0 Å². The van der Waals surface area contributed by atoms with Gasteiger partial charge in [-0.15, -0.1) is 0 Å². The van der Waals surface area contributed by atoms with Gasteiger partial charge in [-0.2, -0.15) is 0 Å². The summed E-state index contributed by atoms with van der Waals surface area (Å²) in [5.74, 6) is 0. The molecule has 0 atom stereocenters. The fraction of sp³-hybridized carbons (Fsp3) is 1.00. The van der Waals surface area contributed by atoms with Crippen molar-refractivity contribution in [3.63, 3.8) is 0 Å². The lowest BCUT2D eigenvalue weighted by atomic mass is 9.97. The minimum Gasteiger partial charge on any atom is -0.320 e. The highest BCUT2D eigenvalue weighted by molar-refractivity contribution is 9.58. The van der Waals surface area contributed by atoms with Crippen molar-refractivity contribution in [2.45, 2.75) is 13.8 Å². The van der Waals surface area contributed by atoms with E-state index < -0.39 is 5.69 Å². The fourth-order valence-corrected chi connectivity index (χ4v) is 4.17. The van der Waals surface area contributed by atoms with E-state index in [1.54, 1.807) is 0 Å². The molecule has 1 aliphatic heterocycles. The van der Waals surface area contributed by atoms with Crippen molar-refractivity contribution < 1.29 is 9.05 Å². The quantitative estimate of drug-likeness (QED) is 0.684. The summed E-state index contributed by atoms with van der Waals surface area (Å²) >= 11 is 8.36. The minimum atomic E-state index is -2.01. The molecule has 0 aromatic rings. The van der Waals surface area contributed by atoms with Gasteiger partial charge in [0.15, 0.2) is 0 Å². The van der Waals surface area contributed by atoms with Gasteiger partial charge < -0.3 is 9.05 Å². The minimum absolute atomic E-state index is 0.116. The largest absolute Gasteiger partial charge is 0.320 e. The van der Waals surface area contributed by atoms with Crippen molar-refractivity contribution in [1.29, 1.82) is 0 Å². The maximum Gasteiger partial charge on any atom is 0.258 e. The van der Waals surface area contributed by atoms with E-state index in [2.05, 4.69) is 28.7 Å². The van der Waals surface area contributed by atoms with Gasteiger partial charge in [0.25, 0.3) is 5.69 Å². The molecular formula is C5H10BrO2PS2. The van der Waals surface area contributed by atoms with Crippen molar-refractivity contribution in [2.24, 2.45) is 5.41 Å². The summed E-state index contributed by atoms with van der Waals surface area (Å²) in [6, 6.07) is 0. The normalized spacial score (nSPS) is 28.3. The lowest BCUT2D eigenvalue weighted by Gasteiger charge is -2.34. The first-order valence-corrected chi connectivity index (χ1v) is 9.07. The van der Waals surface area contributed by atoms with Crippen molar-refractivity contribution in [1.82, 2.24) is 0 Å². The summed E-state index contributed by atoms with van der Waals surface area (Å²) < 4.78 is 10.9. The summed E-state index contributed by atoms with van der Waals surface area (Å²) in [5, 5.41) is 0. The standard InChI is InChI=1S/C5H10BrO2PS2/c1-5(2)3-7-9(10,11-6)8-4-5/h3-4H2,1-2H3. The van der Waals surface area contributed by atoms with Gasteiger partial charge in [0.05, 0.1) is 13.2 Å². The average molecular weight is 277 g/mol. The number of hydrogen-bond donors (Lipinski definition) is 0. The third kappa shape index (κ3) is 2.98. The Morgan fingerprint density at radius 3 is 2.27 bits per heavy atom. The fourth-order valence-electron chi connectivity index (χ4n) is 0.626. The highest BCUT2D eigenvalue weighted by Gasteiger charge is 2.33. The van der Waals surface area contributed by atoms with E-state index in [0.29, 0.717) is 13.2 Å². The van der Waals surface area contributed by atoms with Crippen molar-refractivity contribution >= 4 is 42.1 Å². The maximum absolute atomic E-state index is 5.45. The highest BCUT2D eigenvalue weighted by Crippen LogP contribution is 2.66. The molecule has 0 N–H and O–H groups in total. The summed E-state index contributed by atoms with van der Waals surface area (Å²) in [5.41, 5.74) is -1.89. The number of rotatable bonds is 1. The molecule has 0 aliphatic carbocycles. The average Bonchev–Trinajstić information content (AvgIpc) is 1.97. The van der Waals surface area contributed by atoms with Crippen LogP contribution in [-0.2, 0) is 20.9 Å². The van der Waals surface area contributed by atoms with Gasteiger partial charge >= 0.3 is 0 Å². The van der Waals surface area contributed by atoms with Crippen LogP contribution >= 0.6 is 30.3 Å². The van der Waals surface area contributed by atoms with Crippen LogP contribution in [-0.4, -0.2) is 13.2 Å². The second-order valence-electron chi connectivity index (χ2n) is 3.23. The Kier molecular flexibility index (Phi) is 3.47. The van der Waals surface area contributed by atoms with Crippen LogP contribution in [0.1, 0.15) is 13.8 Å². The molecule has 1 fully saturated rings. The van der Waals surface area contributed by atoms with Gasteiger partial charge in [0.1, 0.15) is 0 Å². The maximum atomic E-state index is 5.45. The van der Waals surface area contributed by atoms with Crippen LogP contribution in [0, 0.1) is 5.41 Å². The predicted molar refractivity (Wildman–Crippen MR) is 56.5 cm³/mol. The zero-order chi connectivity index (χ0) is 8.54. The van der Waals surface area contributed by atoms with E-state index in [9.17, 15) is 0 Å². The van der Waals surface area contributed by atoms with E-state index >= 15 is 0 Å². The Morgan fingerprint density at radius 2 is 1.91 bits per heavy atom. The van der Waals surface area contributed by atoms with Crippen LogP contribution in [0.4, 0.5) is 0 Å². The summed E-state index contributed by atoms with van der Waals surface area (Å²) in [6.07, 6.45) is 0. The van der Waals surface area contributed by atoms with Gasteiger partial charge in [0.2, 0.25) is 0 Å². The van der Waals surface area contributed by atoms with Crippen molar-refractivity contribution in [3.8, 4) is 0 Å². The molecule has 1 saturated heterocycles. The smallest absolute Gasteiger partial charge is 0.258 e. The Hall–Kier alpha value is 1.40. The predicted octanol–water partition coefficient (Wildman–Crippen LogP) is 3.33. The lowest BCUT2D eigenvalue weighted by Crippen LogP contribution is -2.28. The molecule has 0 amide bonds. The molecule has 0 radical (unpaired) electrons. The zero-order valence-electron chi connectivity index (χ0n) is 6.37. The number of hydrogen-bond acceptors (Lipinski definition) is 4. The summed E-state index contributed by atoms with van der Waals surface area (Å²) in [6.45, 7) is 5.60. The first kappa shape index (κ1) is 10.5. The summed E-state index contributed by atoms with van der Waals surface area (Å²) in [7, 11) is 1.34. The Morgan fingerprint density at radius 1 is 1.45 bits per heavy atom. The van der Waals surface area contributed by atoms with Gasteiger partial charge in [-0.1, -0.05) is 13.8 Å². The van der Waals surface area contributed by atoms with Crippen molar-refractivity contribution in [2.75, 3.05) is 13.2 Å². The first-order chi connectivity index (χ1) is 4.97. The molecule has 0 aromatic carbocycles. The molecular weight excluding hydrogens is 267 g/mol. The molecule has 0 unspecified atom stereocenters. The molecule has 0 saturated carbocycles. The third-order valence-corrected chi connectivity index (χ3v) is 9.97. The van der Waals surface area contributed by atoms with Gasteiger partial charge in [-0.3, -0.25) is 0 Å². The monoisotopic (exact) mass is 276 g/mol. The van der Waals surface area contributed by atoms with Crippen molar-refractivity contribution in [3.05, 3.63) is 0 Å². The molecule has 6 heteroatoms. The molecule has 66 valence electrons. The Balaban J connectivity index is 2.55. The SMILES string of the molecule is CC1(C)COP(=S)(SBr)OC1. The Bertz CT molecular complexity index is 183. The van der Waals surface area contributed by atoms with Crippen LogP contribution in [0.15, 0.2) is 0 Å². The molecule has 1 aliphatic rings. The van der Waals surface area contributed by atoms with Crippen LogP contribution in [0.3, 0.4) is 0 Å². The number of halogens is 1. The summed E-state index contributed by atoms with van der Waals surface area (Å²) in [4.78, 5) is 0. The Labute approximate surface area is 83.5 Å². The van der Waals surface area contributed by atoms with E-state index in [1.165, 1.54) is 9.82 Å². The van der Waals surface area contributed by atoms with Gasteiger partial charge in [-0.05, 0) is 26.6 Å². The molecule has 1 rings (SSSR count). The highest BCUT2D eigenvalue weighted by atomic mass is 79.9. The van der Waals surface area contributed by atoms with Gasteiger partial charge in [-0.25, -0.2) is 0 Å². The second-order valence-corrected chi connectivity index (χ2v) is 11.4. The zero-order valence-corrected chi connectivity index (χ0v) is 10.5. The molecule has 1 heterocycles. The van der Waals surface area contributed by atoms with E-state index in [4.69, 9.17) is 20.9 Å².